The van der Waals surface area contributed by atoms with Gasteiger partial charge in [-0.15, -0.1) is 0 Å². The molecule has 1 atom stereocenters. The van der Waals surface area contributed by atoms with Crippen molar-refractivity contribution in [3.05, 3.63) is 33.8 Å². The van der Waals surface area contributed by atoms with Crippen LogP contribution in [0.3, 0.4) is 0 Å². The summed E-state index contributed by atoms with van der Waals surface area (Å²) < 4.78 is 1.13. The molecule has 0 saturated carbocycles. The second kappa shape index (κ2) is 8.64. The van der Waals surface area contributed by atoms with Crippen LogP contribution in [0, 0.1) is 6.92 Å². The van der Waals surface area contributed by atoms with Gasteiger partial charge in [0.15, 0.2) is 0 Å². The van der Waals surface area contributed by atoms with E-state index in [1.807, 2.05) is 0 Å². The molecule has 0 amide bonds. The summed E-state index contributed by atoms with van der Waals surface area (Å²) in [6, 6.07) is 6.56. The van der Waals surface area contributed by atoms with Crippen molar-refractivity contribution in [3.63, 3.8) is 0 Å². The number of benzene rings is 1. The van der Waals surface area contributed by atoms with Gasteiger partial charge in [0.1, 0.15) is 0 Å². The number of aryl methyl sites for hydroxylation is 1. The van der Waals surface area contributed by atoms with Crippen molar-refractivity contribution < 1.29 is 5.11 Å². The molecule has 0 heterocycles. The van der Waals surface area contributed by atoms with E-state index in [9.17, 15) is 0 Å². The number of aliphatic hydroxyl groups is 1. The van der Waals surface area contributed by atoms with Crippen LogP contribution in [0.25, 0.3) is 0 Å². The molecule has 102 valence electrons. The number of rotatable bonds is 8. The molecule has 0 aliphatic rings. The van der Waals surface area contributed by atoms with Gasteiger partial charge < -0.3 is 16.2 Å². The summed E-state index contributed by atoms with van der Waals surface area (Å²) in [5, 5.41) is 12.2. The lowest BCUT2D eigenvalue weighted by Crippen LogP contribution is -2.29. The number of unbranched alkanes of at least 4 members (excludes halogenated alkanes) is 2. The van der Waals surface area contributed by atoms with Crippen LogP contribution in [0.1, 0.15) is 36.4 Å². The normalized spacial score (nSPS) is 12.7. The Morgan fingerprint density at radius 1 is 1.33 bits per heavy atom. The van der Waals surface area contributed by atoms with Crippen molar-refractivity contribution in [2.75, 3.05) is 19.7 Å². The van der Waals surface area contributed by atoms with Crippen LogP contribution >= 0.6 is 15.9 Å². The largest absolute Gasteiger partial charge is 0.396 e. The fourth-order valence-electron chi connectivity index (χ4n) is 1.91. The molecule has 0 spiro atoms. The molecule has 0 bridgehead atoms. The van der Waals surface area contributed by atoms with E-state index in [1.165, 1.54) is 11.1 Å². The molecule has 18 heavy (non-hydrogen) atoms. The number of hydrogen-bond acceptors (Lipinski definition) is 3. The molecule has 4 heteroatoms. The molecule has 0 saturated heterocycles. The van der Waals surface area contributed by atoms with Crippen molar-refractivity contribution in [2.45, 2.75) is 32.2 Å². The molecule has 0 aliphatic heterocycles. The van der Waals surface area contributed by atoms with Gasteiger partial charge >= 0.3 is 0 Å². The average molecular weight is 315 g/mol. The van der Waals surface area contributed by atoms with Gasteiger partial charge in [-0.2, -0.15) is 0 Å². The Bertz CT molecular complexity index is 358. The zero-order valence-electron chi connectivity index (χ0n) is 11.0. The zero-order chi connectivity index (χ0) is 13.4. The first-order valence-corrected chi connectivity index (χ1v) is 7.28. The molecule has 0 fully saturated rings. The number of aliphatic hydroxyl groups excluding tert-OH is 1. The van der Waals surface area contributed by atoms with Gasteiger partial charge in [0.2, 0.25) is 0 Å². The monoisotopic (exact) mass is 314 g/mol. The van der Waals surface area contributed by atoms with Crippen LogP contribution in [-0.4, -0.2) is 24.8 Å². The lowest BCUT2D eigenvalue weighted by atomic mass is 10.0. The van der Waals surface area contributed by atoms with E-state index in [-0.39, 0.29) is 12.6 Å². The van der Waals surface area contributed by atoms with E-state index in [0.717, 1.165) is 30.3 Å². The Labute approximate surface area is 118 Å². The SMILES string of the molecule is Cc1cc(C(CN)NCCCCCO)ccc1Br. The van der Waals surface area contributed by atoms with Crippen LogP contribution < -0.4 is 11.1 Å². The topological polar surface area (TPSA) is 58.3 Å². The van der Waals surface area contributed by atoms with Crippen LogP contribution in [0.2, 0.25) is 0 Å². The van der Waals surface area contributed by atoms with E-state index >= 15 is 0 Å². The van der Waals surface area contributed by atoms with E-state index in [4.69, 9.17) is 10.8 Å². The summed E-state index contributed by atoms with van der Waals surface area (Å²) >= 11 is 3.51. The Balaban J connectivity index is 2.47. The third-order valence-corrected chi connectivity index (χ3v) is 3.94. The second-order valence-electron chi connectivity index (χ2n) is 4.54. The maximum absolute atomic E-state index is 8.71. The lowest BCUT2D eigenvalue weighted by molar-refractivity contribution is 0.282. The quantitative estimate of drug-likeness (QED) is 0.646. The molecule has 1 aromatic carbocycles. The number of nitrogens with two attached hydrogens (primary N) is 1. The Morgan fingerprint density at radius 3 is 2.72 bits per heavy atom. The van der Waals surface area contributed by atoms with E-state index in [1.54, 1.807) is 0 Å². The Kier molecular flexibility index (Phi) is 7.51. The Hall–Kier alpha value is -0.420. The number of halogens is 1. The minimum Gasteiger partial charge on any atom is -0.396 e. The molecular weight excluding hydrogens is 292 g/mol. The van der Waals surface area contributed by atoms with Gasteiger partial charge in [0.25, 0.3) is 0 Å². The zero-order valence-corrected chi connectivity index (χ0v) is 12.5. The van der Waals surface area contributed by atoms with Crippen molar-refractivity contribution in [3.8, 4) is 0 Å². The van der Waals surface area contributed by atoms with E-state index in [2.05, 4.69) is 46.4 Å². The van der Waals surface area contributed by atoms with Crippen LogP contribution in [0.15, 0.2) is 22.7 Å². The van der Waals surface area contributed by atoms with Gasteiger partial charge in [0, 0.05) is 23.7 Å². The second-order valence-corrected chi connectivity index (χ2v) is 5.39. The van der Waals surface area contributed by atoms with Crippen molar-refractivity contribution in [2.24, 2.45) is 5.73 Å². The van der Waals surface area contributed by atoms with Gasteiger partial charge in [-0.3, -0.25) is 0 Å². The molecular formula is C14H23BrN2O. The first kappa shape index (κ1) is 15.6. The molecule has 0 aliphatic carbocycles. The molecule has 3 nitrogen and oxygen atoms in total. The number of nitrogens with one attached hydrogen (secondary N) is 1. The maximum Gasteiger partial charge on any atom is 0.0444 e. The van der Waals surface area contributed by atoms with Crippen molar-refractivity contribution in [1.29, 1.82) is 0 Å². The number of hydrogen-bond donors (Lipinski definition) is 3. The summed E-state index contributed by atoms with van der Waals surface area (Å²) in [6.45, 7) is 3.91. The summed E-state index contributed by atoms with van der Waals surface area (Å²) in [5.74, 6) is 0. The molecule has 0 radical (unpaired) electrons. The average Bonchev–Trinajstić information content (AvgIpc) is 2.37. The highest BCUT2D eigenvalue weighted by Gasteiger charge is 2.09. The van der Waals surface area contributed by atoms with Crippen LogP contribution in [-0.2, 0) is 0 Å². The Morgan fingerprint density at radius 2 is 2.11 bits per heavy atom. The van der Waals surface area contributed by atoms with E-state index in [0.29, 0.717) is 6.54 Å². The molecule has 4 N–H and O–H groups in total. The van der Waals surface area contributed by atoms with Crippen LogP contribution in [0.5, 0.6) is 0 Å². The predicted octanol–water partition coefficient (Wildman–Crippen LogP) is 2.51. The summed E-state index contributed by atoms with van der Waals surface area (Å²) in [7, 11) is 0. The standard InChI is InChI=1S/C14H23BrN2O/c1-11-9-12(5-6-13(11)15)14(10-16)17-7-3-2-4-8-18/h5-6,9,14,17-18H,2-4,7-8,10,16H2,1H3. The minimum absolute atomic E-state index is 0.214. The van der Waals surface area contributed by atoms with Gasteiger partial charge in [-0.1, -0.05) is 28.1 Å². The van der Waals surface area contributed by atoms with E-state index < -0.39 is 0 Å². The smallest absolute Gasteiger partial charge is 0.0444 e. The van der Waals surface area contributed by atoms with Crippen LogP contribution in [0.4, 0.5) is 0 Å². The first-order valence-electron chi connectivity index (χ1n) is 6.49. The third kappa shape index (κ3) is 5.06. The highest BCUT2D eigenvalue weighted by Crippen LogP contribution is 2.21. The van der Waals surface area contributed by atoms with Gasteiger partial charge in [0.05, 0.1) is 0 Å². The maximum atomic E-state index is 8.71. The summed E-state index contributed by atoms with van der Waals surface area (Å²) in [4.78, 5) is 0. The first-order chi connectivity index (χ1) is 8.69. The lowest BCUT2D eigenvalue weighted by Gasteiger charge is -2.18. The summed E-state index contributed by atoms with van der Waals surface area (Å²) in [6.07, 6.45) is 3.01. The third-order valence-electron chi connectivity index (χ3n) is 3.05. The van der Waals surface area contributed by atoms with Gasteiger partial charge in [-0.05, 0) is 49.9 Å². The highest BCUT2D eigenvalue weighted by molar-refractivity contribution is 9.10. The fraction of sp³-hybridized carbons (Fsp3) is 0.571. The predicted molar refractivity (Wildman–Crippen MR) is 79.6 cm³/mol. The van der Waals surface area contributed by atoms with Crippen molar-refractivity contribution >= 4 is 15.9 Å². The summed E-state index contributed by atoms with van der Waals surface area (Å²) in [5.41, 5.74) is 8.29. The fourth-order valence-corrected chi connectivity index (χ4v) is 2.16. The molecule has 1 rings (SSSR count). The van der Waals surface area contributed by atoms with Crippen molar-refractivity contribution in [1.82, 2.24) is 5.32 Å². The minimum atomic E-state index is 0.214. The molecule has 1 aromatic rings. The molecule has 1 unspecified atom stereocenters. The highest BCUT2D eigenvalue weighted by atomic mass is 79.9. The molecule has 0 aromatic heterocycles. The van der Waals surface area contributed by atoms with Gasteiger partial charge in [-0.25, -0.2) is 0 Å².